The molecule has 1 aromatic heterocycles. The van der Waals surface area contributed by atoms with Gasteiger partial charge in [0.1, 0.15) is 36.1 Å². The van der Waals surface area contributed by atoms with Gasteiger partial charge in [0.15, 0.2) is 0 Å². The molecule has 8 heteroatoms. The van der Waals surface area contributed by atoms with Crippen LogP contribution in [0.2, 0.25) is 5.02 Å². The summed E-state index contributed by atoms with van der Waals surface area (Å²) in [4.78, 5) is 11.9. The fourth-order valence-electron chi connectivity index (χ4n) is 3.04. The van der Waals surface area contributed by atoms with Gasteiger partial charge in [-0.15, -0.1) is 0 Å². The number of benzene rings is 2. The molecular weight excluding hydrogens is 453 g/mol. The van der Waals surface area contributed by atoms with Gasteiger partial charge in [0.05, 0.1) is 17.2 Å². The molecule has 0 amide bonds. The summed E-state index contributed by atoms with van der Waals surface area (Å²) in [6.07, 6.45) is -0.795. The van der Waals surface area contributed by atoms with Gasteiger partial charge in [0.25, 0.3) is 0 Å². The number of nitrogens with zero attached hydrogens (tertiary/aromatic N) is 1. The topological polar surface area (TPSA) is 68.6 Å². The number of carbonyl (C=O) groups excluding carboxylic acids is 1. The first-order chi connectivity index (χ1) is 15.5. The summed E-state index contributed by atoms with van der Waals surface area (Å²) in [5.74, 6) is -0.283. The Bertz CT molecular complexity index is 1080. The number of nitriles is 1. The van der Waals surface area contributed by atoms with Crippen molar-refractivity contribution in [1.82, 2.24) is 0 Å². The van der Waals surface area contributed by atoms with Crippen LogP contribution in [-0.2, 0) is 16.1 Å². The Labute approximate surface area is 194 Å². The zero-order valence-corrected chi connectivity index (χ0v) is 18.9. The van der Waals surface area contributed by atoms with Crippen LogP contribution in [0.5, 0.6) is 11.5 Å². The molecular formula is C24H21ClFNO4S. The van der Waals surface area contributed by atoms with E-state index in [1.165, 1.54) is 12.1 Å². The number of ether oxygens (including phenoxy) is 3. The number of hydrogen-bond donors (Lipinski definition) is 0. The summed E-state index contributed by atoms with van der Waals surface area (Å²) in [6, 6.07) is 13.2. The first-order valence-electron chi connectivity index (χ1n) is 9.96. The van der Waals surface area contributed by atoms with Gasteiger partial charge in [-0.05, 0) is 60.0 Å². The van der Waals surface area contributed by atoms with Gasteiger partial charge in [-0.3, -0.25) is 4.79 Å². The van der Waals surface area contributed by atoms with Crippen LogP contribution in [0.25, 0.3) is 0 Å². The quantitative estimate of drug-likeness (QED) is 0.316. The number of halogens is 2. The lowest BCUT2D eigenvalue weighted by Crippen LogP contribution is -2.14. The molecule has 1 atom stereocenters. The lowest BCUT2D eigenvalue weighted by Gasteiger charge is -2.22. The van der Waals surface area contributed by atoms with Crippen molar-refractivity contribution in [3.05, 3.63) is 80.8 Å². The van der Waals surface area contributed by atoms with Gasteiger partial charge < -0.3 is 14.2 Å². The molecule has 3 aromatic rings. The van der Waals surface area contributed by atoms with E-state index in [4.69, 9.17) is 25.8 Å². The minimum Gasteiger partial charge on any atom is -0.489 e. The first kappa shape index (κ1) is 23.6. The van der Waals surface area contributed by atoms with Crippen LogP contribution in [0.1, 0.15) is 42.6 Å². The minimum absolute atomic E-state index is 0.000592. The van der Waals surface area contributed by atoms with Crippen LogP contribution in [0.3, 0.4) is 0 Å². The molecule has 0 fully saturated rings. The molecule has 1 heterocycles. The van der Waals surface area contributed by atoms with Crippen LogP contribution in [0.15, 0.2) is 53.2 Å². The largest absolute Gasteiger partial charge is 0.489 e. The van der Waals surface area contributed by atoms with E-state index in [0.29, 0.717) is 12.4 Å². The number of hydrogen-bond acceptors (Lipinski definition) is 6. The van der Waals surface area contributed by atoms with Crippen LogP contribution in [0, 0.1) is 17.1 Å². The lowest BCUT2D eigenvalue weighted by molar-refractivity contribution is -0.143. The average molecular weight is 474 g/mol. The summed E-state index contributed by atoms with van der Waals surface area (Å²) in [6.45, 7) is 2.31. The van der Waals surface area contributed by atoms with Crippen molar-refractivity contribution >= 4 is 28.9 Å². The third-order valence-corrected chi connectivity index (χ3v) is 5.63. The van der Waals surface area contributed by atoms with Crippen molar-refractivity contribution in [3.63, 3.8) is 0 Å². The van der Waals surface area contributed by atoms with Crippen LogP contribution < -0.4 is 9.47 Å². The van der Waals surface area contributed by atoms with Crippen molar-refractivity contribution in [1.29, 1.82) is 5.26 Å². The van der Waals surface area contributed by atoms with Gasteiger partial charge in [-0.2, -0.15) is 16.6 Å². The van der Waals surface area contributed by atoms with E-state index in [1.807, 2.05) is 16.8 Å². The van der Waals surface area contributed by atoms with Crippen molar-refractivity contribution in [2.75, 3.05) is 6.61 Å². The summed E-state index contributed by atoms with van der Waals surface area (Å²) >= 11 is 7.82. The SMILES string of the molecule is CCOC(=O)CCC(Oc1cc(OCc2ccsc2)ccc1C#N)c1c(F)cccc1Cl. The second-order valence-electron chi connectivity index (χ2n) is 6.78. The van der Waals surface area contributed by atoms with Gasteiger partial charge in [0.2, 0.25) is 0 Å². The highest BCUT2D eigenvalue weighted by Crippen LogP contribution is 2.35. The molecule has 0 aliphatic rings. The Balaban J connectivity index is 1.87. The number of thiophene rings is 1. The first-order valence-corrected chi connectivity index (χ1v) is 11.3. The van der Waals surface area contributed by atoms with Crippen LogP contribution in [0.4, 0.5) is 4.39 Å². The predicted molar refractivity (Wildman–Crippen MR) is 120 cm³/mol. The van der Waals surface area contributed by atoms with Crippen molar-refractivity contribution < 1.29 is 23.4 Å². The summed E-state index contributed by atoms with van der Waals surface area (Å²) in [5.41, 5.74) is 1.39. The third kappa shape index (κ3) is 6.22. The smallest absolute Gasteiger partial charge is 0.305 e. The van der Waals surface area contributed by atoms with Crippen LogP contribution >= 0.6 is 22.9 Å². The molecule has 1 unspecified atom stereocenters. The second kappa shape index (κ2) is 11.5. The number of carbonyl (C=O) groups is 1. The number of rotatable bonds is 10. The minimum atomic E-state index is -0.910. The molecule has 5 nitrogen and oxygen atoms in total. The van der Waals surface area contributed by atoms with Gasteiger partial charge >= 0.3 is 5.97 Å². The lowest BCUT2D eigenvalue weighted by atomic mass is 10.0. The molecule has 0 bridgehead atoms. The second-order valence-corrected chi connectivity index (χ2v) is 7.96. The fourth-order valence-corrected chi connectivity index (χ4v) is 3.98. The maximum atomic E-state index is 14.6. The van der Waals surface area contributed by atoms with E-state index >= 15 is 0 Å². The van der Waals surface area contributed by atoms with E-state index in [0.717, 1.165) is 5.56 Å². The standard InChI is InChI=1S/C24H21ClFNO4S/c1-2-29-23(28)9-8-21(24-19(25)4-3-5-20(24)26)31-22-12-18(7-6-17(22)13-27)30-14-16-10-11-32-15-16/h3-7,10-12,15,21H,2,8-9,14H2,1H3. The highest BCUT2D eigenvalue weighted by molar-refractivity contribution is 7.07. The Kier molecular flexibility index (Phi) is 8.48. The molecule has 0 N–H and O–H groups in total. The molecule has 0 radical (unpaired) electrons. The summed E-state index contributed by atoms with van der Waals surface area (Å²) in [5, 5.41) is 13.6. The molecule has 32 heavy (non-hydrogen) atoms. The van der Waals surface area contributed by atoms with E-state index in [1.54, 1.807) is 42.5 Å². The highest BCUT2D eigenvalue weighted by atomic mass is 35.5. The third-order valence-electron chi connectivity index (χ3n) is 4.57. The van der Waals surface area contributed by atoms with E-state index in [-0.39, 0.29) is 41.3 Å². The van der Waals surface area contributed by atoms with Gasteiger partial charge in [-0.1, -0.05) is 17.7 Å². The molecule has 0 spiro atoms. The Morgan fingerprint density at radius 3 is 2.81 bits per heavy atom. The Morgan fingerprint density at radius 1 is 1.28 bits per heavy atom. The Hall–Kier alpha value is -3.08. The fraction of sp³-hybridized carbons (Fsp3) is 0.250. The molecule has 3 rings (SSSR count). The molecule has 0 aliphatic heterocycles. The summed E-state index contributed by atoms with van der Waals surface area (Å²) in [7, 11) is 0. The average Bonchev–Trinajstić information content (AvgIpc) is 3.30. The molecule has 166 valence electrons. The van der Waals surface area contributed by atoms with Gasteiger partial charge in [0, 0.05) is 18.1 Å². The molecule has 0 aliphatic carbocycles. The molecule has 2 aromatic carbocycles. The zero-order chi connectivity index (χ0) is 22.9. The van der Waals surface area contributed by atoms with E-state index in [2.05, 4.69) is 6.07 Å². The van der Waals surface area contributed by atoms with Crippen LogP contribution in [-0.4, -0.2) is 12.6 Å². The molecule has 0 saturated carbocycles. The van der Waals surface area contributed by atoms with Crippen molar-refractivity contribution in [2.45, 2.75) is 32.5 Å². The maximum absolute atomic E-state index is 14.6. The zero-order valence-electron chi connectivity index (χ0n) is 17.3. The molecule has 0 saturated heterocycles. The maximum Gasteiger partial charge on any atom is 0.305 e. The van der Waals surface area contributed by atoms with E-state index < -0.39 is 17.9 Å². The monoisotopic (exact) mass is 473 g/mol. The van der Waals surface area contributed by atoms with Gasteiger partial charge in [-0.25, -0.2) is 4.39 Å². The number of esters is 1. The highest BCUT2D eigenvalue weighted by Gasteiger charge is 2.24. The van der Waals surface area contributed by atoms with Crippen molar-refractivity contribution in [2.24, 2.45) is 0 Å². The Morgan fingerprint density at radius 2 is 2.12 bits per heavy atom. The van der Waals surface area contributed by atoms with E-state index in [9.17, 15) is 14.4 Å². The summed E-state index contributed by atoms with van der Waals surface area (Å²) < 4.78 is 31.5. The van der Waals surface area contributed by atoms with Crippen molar-refractivity contribution in [3.8, 4) is 17.6 Å². The normalized spacial score (nSPS) is 11.4. The predicted octanol–water partition coefficient (Wildman–Crippen LogP) is 6.45.